The summed E-state index contributed by atoms with van der Waals surface area (Å²) in [6, 6.07) is 9.19. The van der Waals surface area contributed by atoms with Gasteiger partial charge in [0.1, 0.15) is 6.10 Å². The number of esters is 1. The Morgan fingerprint density at radius 2 is 1.56 bits per heavy atom. The van der Waals surface area contributed by atoms with Gasteiger partial charge in [0, 0.05) is 5.41 Å². The molecule has 5 aliphatic rings. The summed E-state index contributed by atoms with van der Waals surface area (Å²) in [6.45, 7) is 23.1. The van der Waals surface area contributed by atoms with Gasteiger partial charge in [0.25, 0.3) is 0 Å². The van der Waals surface area contributed by atoms with Crippen molar-refractivity contribution >= 4 is 11.9 Å². The Labute approximate surface area is 305 Å². The molecule has 0 saturated heterocycles. The first-order valence-electron chi connectivity index (χ1n) is 20.5. The minimum absolute atomic E-state index is 0.0836. The van der Waals surface area contributed by atoms with Crippen molar-refractivity contribution in [2.75, 3.05) is 0 Å². The summed E-state index contributed by atoms with van der Waals surface area (Å²) in [6.07, 6.45) is 17.4. The van der Waals surface area contributed by atoms with Gasteiger partial charge in [-0.25, -0.2) is 0 Å². The Kier molecular flexibility index (Phi) is 9.85. The Hall–Kier alpha value is -2.10. The van der Waals surface area contributed by atoms with Gasteiger partial charge in [-0.2, -0.15) is 0 Å². The molecule has 4 heteroatoms. The summed E-state index contributed by atoms with van der Waals surface area (Å²) >= 11 is 0. The van der Waals surface area contributed by atoms with Crippen molar-refractivity contribution in [2.45, 2.75) is 172 Å². The van der Waals surface area contributed by atoms with Gasteiger partial charge in [0.15, 0.2) is 0 Å². The molecule has 5 aliphatic carbocycles. The molecule has 50 heavy (non-hydrogen) atoms. The standard InChI is InChI=1S/C46H70O4/c1-30(2)33-20-26-46(23-12-11-13-32-16-14-31(3)15-17-32)28-27-44(9)34(39(33)46)18-19-36-43(8)24-22-37(50-38(47)29-41(4,5)40(48)49)42(6,7)35(43)21-25-45(36,44)10/h14-17,30,34-37H,11-13,18-29H2,1-10H3,(H,48,49). The van der Waals surface area contributed by atoms with Crippen LogP contribution in [0.1, 0.15) is 163 Å². The number of carbonyl (C=O) groups excluding carboxylic acids is 1. The molecule has 0 aromatic heterocycles. The van der Waals surface area contributed by atoms with Crippen molar-refractivity contribution in [1.29, 1.82) is 0 Å². The second-order valence-corrected chi connectivity index (χ2v) is 20.4. The molecule has 0 spiro atoms. The van der Waals surface area contributed by atoms with E-state index in [0.29, 0.717) is 39.9 Å². The SMILES string of the molecule is Cc1ccc(CCCCC23CCC(C(C)C)=C2C2CCC4C5(C)CCC(OC(=O)CC(C)(C)C(=O)O)C(C)(C)C5CCC4(C)C2(C)CC3)cc1. The van der Waals surface area contributed by atoms with E-state index in [-0.39, 0.29) is 29.3 Å². The minimum Gasteiger partial charge on any atom is -0.481 e. The smallest absolute Gasteiger partial charge is 0.309 e. The van der Waals surface area contributed by atoms with E-state index in [1.807, 2.05) is 11.1 Å². The third-order valence-corrected chi connectivity index (χ3v) is 16.7. The predicted octanol–water partition coefficient (Wildman–Crippen LogP) is 11.9. The zero-order valence-electron chi connectivity index (χ0n) is 33.5. The molecular formula is C46H70O4. The molecule has 4 nitrogen and oxygen atoms in total. The molecule has 1 N–H and O–H groups in total. The van der Waals surface area contributed by atoms with Gasteiger partial charge in [-0.3, -0.25) is 9.59 Å². The molecule has 4 fully saturated rings. The van der Waals surface area contributed by atoms with E-state index in [1.165, 1.54) is 88.2 Å². The van der Waals surface area contributed by atoms with Crippen LogP contribution in [-0.2, 0) is 20.7 Å². The number of hydrogen-bond acceptors (Lipinski definition) is 3. The van der Waals surface area contributed by atoms with Gasteiger partial charge in [-0.1, -0.05) is 95.9 Å². The van der Waals surface area contributed by atoms with Crippen LogP contribution in [0.4, 0.5) is 0 Å². The van der Waals surface area contributed by atoms with Gasteiger partial charge < -0.3 is 9.84 Å². The highest BCUT2D eigenvalue weighted by atomic mass is 16.5. The Morgan fingerprint density at radius 3 is 2.22 bits per heavy atom. The highest BCUT2D eigenvalue weighted by molar-refractivity contribution is 5.81. The number of carbonyl (C=O) groups is 2. The first-order chi connectivity index (χ1) is 23.3. The van der Waals surface area contributed by atoms with Crippen molar-refractivity contribution in [2.24, 2.45) is 56.2 Å². The fraction of sp³-hybridized carbons (Fsp3) is 0.783. The first kappa shape index (κ1) is 37.7. The molecule has 8 unspecified atom stereocenters. The Bertz CT molecular complexity index is 1480. The maximum Gasteiger partial charge on any atom is 0.309 e. The van der Waals surface area contributed by atoms with Crippen LogP contribution in [0.5, 0.6) is 0 Å². The summed E-state index contributed by atoms with van der Waals surface area (Å²) in [7, 11) is 0. The summed E-state index contributed by atoms with van der Waals surface area (Å²) in [5.41, 5.74) is 6.59. The van der Waals surface area contributed by atoms with Crippen LogP contribution in [0.3, 0.4) is 0 Å². The van der Waals surface area contributed by atoms with Crippen LogP contribution in [0, 0.1) is 63.1 Å². The lowest BCUT2D eigenvalue weighted by Gasteiger charge is -2.72. The number of carboxylic acid groups (broad SMARTS) is 1. The second kappa shape index (κ2) is 13.1. The molecule has 1 aromatic carbocycles. The van der Waals surface area contributed by atoms with E-state index in [1.54, 1.807) is 13.8 Å². The van der Waals surface area contributed by atoms with Gasteiger partial charge in [-0.15, -0.1) is 0 Å². The molecule has 1 aromatic rings. The fourth-order valence-corrected chi connectivity index (χ4v) is 13.5. The van der Waals surface area contributed by atoms with Crippen molar-refractivity contribution in [3.05, 3.63) is 46.5 Å². The second-order valence-electron chi connectivity index (χ2n) is 20.4. The normalized spacial score (nSPS) is 37.8. The maximum atomic E-state index is 13.1. The van der Waals surface area contributed by atoms with Crippen molar-refractivity contribution in [3.63, 3.8) is 0 Å². The van der Waals surface area contributed by atoms with Crippen LogP contribution in [0.25, 0.3) is 0 Å². The number of ether oxygens (including phenoxy) is 1. The summed E-state index contributed by atoms with van der Waals surface area (Å²) in [5.74, 6) is 1.19. The van der Waals surface area contributed by atoms with Crippen molar-refractivity contribution in [3.8, 4) is 0 Å². The van der Waals surface area contributed by atoms with E-state index in [9.17, 15) is 14.7 Å². The van der Waals surface area contributed by atoms with Crippen LogP contribution in [-0.4, -0.2) is 23.1 Å². The summed E-state index contributed by atoms with van der Waals surface area (Å²) in [4.78, 5) is 24.8. The zero-order chi connectivity index (χ0) is 36.5. The molecule has 0 radical (unpaired) electrons. The average Bonchev–Trinajstić information content (AvgIpc) is 3.42. The van der Waals surface area contributed by atoms with Gasteiger partial charge in [0.05, 0.1) is 11.8 Å². The third-order valence-electron chi connectivity index (χ3n) is 16.7. The zero-order valence-corrected chi connectivity index (χ0v) is 33.5. The van der Waals surface area contributed by atoms with Gasteiger partial charge in [0.2, 0.25) is 0 Å². The number of allylic oxidation sites excluding steroid dienone is 2. The molecule has 0 amide bonds. The maximum absolute atomic E-state index is 13.1. The van der Waals surface area contributed by atoms with E-state index in [0.717, 1.165) is 12.8 Å². The summed E-state index contributed by atoms with van der Waals surface area (Å²) in [5, 5.41) is 9.61. The van der Waals surface area contributed by atoms with E-state index >= 15 is 0 Å². The van der Waals surface area contributed by atoms with Crippen LogP contribution < -0.4 is 0 Å². The lowest BCUT2D eigenvalue weighted by molar-refractivity contribution is -0.233. The summed E-state index contributed by atoms with van der Waals surface area (Å²) < 4.78 is 6.21. The molecule has 4 saturated carbocycles. The highest BCUT2D eigenvalue weighted by Crippen LogP contribution is 2.77. The fourth-order valence-electron chi connectivity index (χ4n) is 13.5. The number of aryl methyl sites for hydroxylation is 2. The van der Waals surface area contributed by atoms with Crippen LogP contribution in [0.15, 0.2) is 35.4 Å². The van der Waals surface area contributed by atoms with Gasteiger partial charge in [-0.05, 0) is 155 Å². The van der Waals surface area contributed by atoms with Crippen LogP contribution >= 0.6 is 0 Å². The van der Waals surface area contributed by atoms with E-state index in [2.05, 4.69) is 79.7 Å². The molecule has 0 heterocycles. The van der Waals surface area contributed by atoms with Crippen LogP contribution in [0.2, 0.25) is 0 Å². The lowest BCUT2D eigenvalue weighted by Crippen LogP contribution is -2.65. The molecule has 0 bridgehead atoms. The minimum atomic E-state index is -1.12. The highest BCUT2D eigenvalue weighted by Gasteiger charge is 2.69. The predicted molar refractivity (Wildman–Crippen MR) is 204 cm³/mol. The monoisotopic (exact) mass is 687 g/mol. The molecule has 0 aliphatic heterocycles. The number of benzene rings is 1. The molecule has 278 valence electrons. The molecular weight excluding hydrogens is 617 g/mol. The number of hydrogen-bond donors (Lipinski definition) is 1. The average molecular weight is 687 g/mol. The lowest BCUT2D eigenvalue weighted by atomic mass is 9.33. The number of rotatable bonds is 10. The number of fused-ring (bicyclic) bond motifs is 7. The number of unbranched alkanes of at least 4 members (excludes halogenated alkanes) is 1. The first-order valence-corrected chi connectivity index (χ1v) is 20.5. The number of aliphatic carboxylic acids is 1. The van der Waals surface area contributed by atoms with Crippen molar-refractivity contribution < 1.29 is 19.4 Å². The largest absolute Gasteiger partial charge is 0.481 e. The molecule has 6 rings (SSSR count). The van der Waals surface area contributed by atoms with E-state index < -0.39 is 11.4 Å². The number of carboxylic acids is 1. The Morgan fingerprint density at radius 1 is 0.860 bits per heavy atom. The third kappa shape index (κ3) is 6.03. The van der Waals surface area contributed by atoms with Crippen molar-refractivity contribution in [1.82, 2.24) is 0 Å². The topological polar surface area (TPSA) is 63.6 Å². The van der Waals surface area contributed by atoms with Gasteiger partial charge >= 0.3 is 11.9 Å². The Balaban J connectivity index is 1.21. The molecule has 8 atom stereocenters. The van der Waals surface area contributed by atoms with E-state index in [4.69, 9.17) is 4.74 Å². The quantitative estimate of drug-likeness (QED) is 0.151.